The minimum atomic E-state index is -0.908. The van der Waals surface area contributed by atoms with E-state index in [4.69, 9.17) is 4.74 Å². The van der Waals surface area contributed by atoms with Gasteiger partial charge in [-0.2, -0.15) is 0 Å². The normalized spacial score (nSPS) is 24.8. The van der Waals surface area contributed by atoms with Gasteiger partial charge in [0.15, 0.2) is 0 Å². The van der Waals surface area contributed by atoms with Crippen LogP contribution in [0, 0.1) is 0 Å². The fraction of sp³-hybridized carbons (Fsp3) is 0.615. The number of ether oxygens (including phenoxy) is 1. The zero-order chi connectivity index (χ0) is 22.8. The number of hydrogen-bond donors (Lipinski definition) is 1. The summed E-state index contributed by atoms with van der Waals surface area (Å²) in [7, 11) is 0. The van der Waals surface area contributed by atoms with E-state index in [1.807, 2.05) is 42.2 Å². The number of aromatic nitrogens is 1. The number of nitrogens with zero attached hydrogens (tertiary/aromatic N) is 3. The van der Waals surface area contributed by atoms with Crippen LogP contribution in [0.5, 0.6) is 0 Å². The smallest absolute Gasteiger partial charge is 0.271 e. The average Bonchev–Trinajstić information content (AvgIpc) is 3.21. The second-order valence-corrected chi connectivity index (χ2v) is 10.0. The van der Waals surface area contributed by atoms with E-state index in [1.54, 1.807) is 0 Å². The van der Waals surface area contributed by atoms with Crippen LogP contribution in [-0.2, 0) is 16.1 Å². The molecule has 33 heavy (non-hydrogen) atoms. The third-order valence-corrected chi connectivity index (χ3v) is 7.73. The molecule has 3 aliphatic rings. The number of nitrogens with one attached hydrogen (secondary N) is 1. The van der Waals surface area contributed by atoms with Gasteiger partial charge in [-0.3, -0.25) is 14.5 Å². The highest BCUT2D eigenvalue weighted by molar-refractivity contribution is 6.03. The number of carbonyl (C=O) groups excluding carboxylic acids is 2. The van der Waals surface area contributed by atoms with Crippen LogP contribution in [0.1, 0.15) is 55.9 Å². The molecule has 0 spiro atoms. The Morgan fingerprint density at radius 3 is 2.67 bits per heavy atom. The molecule has 0 radical (unpaired) electrons. The second-order valence-electron chi connectivity index (χ2n) is 10.0. The van der Waals surface area contributed by atoms with Crippen LogP contribution >= 0.6 is 0 Å². The monoisotopic (exact) mass is 452 g/mol. The largest absolute Gasteiger partial charge is 0.379 e. The van der Waals surface area contributed by atoms with Crippen LogP contribution in [0.4, 0.5) is 0 Å². The molecule has 2 amide bonds. The van der Waals surface area contributed by atoms with Gasteiger partial charge in [0.25, 0.3) is 5.91 Å². The number of carbonyl (C=O) groups is 2. The van der Waals surface area contributed by atoms with Crippen molar-refractivity contribution in [1.29, 1.82) is 0 Å². The molecule has 1 N–H and O–H groups in total. The molecule has 1 aromatic carbocycles. The first-order valence-electron chi connectivity index (χ1n) is 12.6. The van der Waals surface area contributed by atoms with Crippen molar-refractivity contribution in [2.45, 2.75) is 63.6 Å². The molecule has 1 aliphatic carbocycles. The van der Waals surface area contributed by atoms with E-state index in [9.17, 15) is 9.59 Å². The lowest BCUT2D eigenvalue weighted by Crippen LogP contribution is -2.65. The number of amides is 2. The Morgan fingerprint density at radius 2 is 1.88 bits per heavy atom. The molecule has 7 heteroatoms. The van der Waals surface area contributed by atoms with Gasteiger partial charge < -0.3 is 19.5 Å². The molecule has 0 bridgehead atoms. The fourth-order valence-corrected chi connectivity index (χ4v) is 5.72. The third kappa shape index (κ3) is 4.41. The highest BCUT2D eigenvalue weighted by Gasteiger charge is 2.47. The molecular formula is C26H36N4O3. The number of morpholine rings is 1. The van der Waals surface area contributed by atoms with Crippen LogP contribution in [-0.4, -0.2) is 77.2 Å². The number of rotatable bonds is 6. The number of fused-ring (bicyclic) bond motifs is 3. The maximum atomic E-state index is 13.8. The number of benzene rings is 1. The van der Waals surface area contributed by atoms with Gasteiger partial charge in [0.1, 0.15) is 11.2 Å². The lowest BCUT2D eigenvalue weighted by atomic mass is 9.91. The van der Waals surface area contributed by atoms with Crippen LogP contribution in [0.15, 0.2) is 30.3 Å². The number of para-hydroxylation sites is 1. The van der Waals surface area contributed by atoms with E-state index in [-0.39, 0.29) is 17.9 Å². The maximum Gasteiger partial charge on any atom is 0.271 e. The van der Waals surface area contributed by atoms with E-state index < -0.39 is 5.54 Å². The summed E-state index contributed by atoms with van der Waals surface area (Å²) in [6, 6.07) is 10.3. The minimum absolute atomic E-state index is 0.0162. The molecule has 7 nitrogen and oxygen atoms in total. The Labute approximate surface area is 196 Å². The van der Waals surface area contributed by atoms with Gasteiger partial charge in [0.2, 0.25) is 5.91 Å². The molecule has 2 fully saturated rings. The maximum absolute atomic E-state index is 13.8. The lowest BCUT2D eigenvalue weighted by Gasteiger charge is -2.45. The Bertz CT molecular complexity index is 1010. The van der Waals surface area contributed by atoms with E-state index in [2.05, 4.69) is 14.8 Å². The topological polar surface area (TPSA) is 66.8 Å². The molecule has 178 valence electrons. The van der Waals surface area contributed by atoms with Crippen LogP contribution < -0.4 is 5.32 Å². The molecule has 1 saturated carbocycles. The molecule has 2 aromatic rings. The summed E-state index contributed by atoms with van der Waals surface area (Å²) in [5.74, 6) is -0.0572. The zero-order valence-electron chi connectivity index (χ0n) is 19.7. The zero-order valence-corrected chi connectivity index (χ0v) is 19.7. The first-order chi connectivity index (χ1) is 16.1. The summed E-state index contributed by atoms with van der Waals surface area (Å²) >= 11 is 0. The van der Waals surface area contributed by atoms with Gasteiger partial charge in [0.05, 0.1) is 19.8 Å². The average molecular weight is 453 g/mol. The summed E-state index contributed by atoms with van der Waals surface area (Å²) in [6.45, 7) is 7.33. The Kier molecular flexibility index (Phi) is 6.43. The standard InChI is InChI=1S/C26H36N4O3/c1-26(25(32)27-21-9-3-2-4-10-21)19-29-22-11-6-5-8-20(22)18-23(29)24(31)30(26)13-7-12-28-14-16-33-17-15-28/h5-6,8,11,18,21H,2-4,7,9-10,12-17,19H2,1H3,(H,27,32). The summed E-state index contributed by atoms with van der Waals surface area (Å²) in [5.41, 5.74) is 0.796. The predicted molar refractivity (Wildman–Crippen MR) is 128 cm³/mol. The van der Waals surface area contributed by atoms with Gasteiger partial charge in [0, 0.05) is 43.1 Å². The molecule has 1 unspecified atom stereocenters. The summed E-state index contributed by atoms with van der Waals surface area (Å²) in [6.07, 6.45) is 6.48. The molecular weight excluding hydrogens is 416 g/mol. The molecule has 1 saturated heterocycles. The third-order valence-electron chi connectivity index (χ3n) is 7.73. The minimum Gasteiger partial charge on any atom is -0.379 e. The molecule has 1 aromatic heterocycles. The van der Waals surface area contributed by atoms with E-state index in [0.717, 1.165) is 75.9 Å². The van der Waals surface area contributed by atoms with Crippen molar-refractivity contribution in [2.75, 3.05) is 39.4 Å². The predicted octanol–water partition coefficient (Wildman–Crippen LogP) is 3.03. The molecule has 1 atom stereocenters. The number of hydrogen-bond acceptors (Lipinski definition) is 4. The van der Waals surface area contributed by atoms with Crippen molar-refractivity contribution < 1.29 is 14.3 Å². The Balaban J connectivity index is 1.40. The lowest BCUT2D eigenvalue weighted by molar-refractivity contribution is -0.133. The van der Waals surface area contributed by atoms with Crippen molar-refractivity contribution in [3.8, 4) is 0 Å². The van der Waals surface area contributed by atoms with Gasteiger partial charge in [-0.05, 0) is 38.3 Å². The van der Waals surface area contributed by atoms with Crippen molar-refractivity contribution in [1.82, 2.24) is 19.7 Å². The van der Waals surface area contributed by atoms with Gasteiger partial charge in [-0.1, -0.05) is 37.5 Å². The Morgan fingerprint density at radius 1 is 1.12 bits per heavy atom. The summed E-state index contributed by atoms with van der Waals surface area (Å²) in [5, 5.41) is 4.36. The van der Waals surface area contributed by atoms with Crippen molar-refractivity contribution >= 4 is 22.7 Å². The first kappa shape index (κ1) is 22.4. The van der Waals surface area contributed by atoms with Crippen LogP contribution in [0.25, 0.3) is 10.9 Å². The van der Waals surface area contributed by atoms with Crippen LogP contribution in [0.3, 0.4) is 0 Å². The van der Waals surface area contributed by atoms with Crippen molar-refractivity contribution in [3.63, 3.8) is 0 Å². The van der Waals surface area contributed by atoms with Gasteiger partial charge >= 0.3 is 0 Å². The highest BCUT2D eigenvalue weighted by Crippen LogP contribution is 2.33. The van der Waals surface area contributed by atoms with Crippen molar-refractivity contribution in [2.24, 2.45) is 0 Å². The summed E-state index contributed by atoms with van der Waals surface area (Å²) in [4.78, 5) is 31.7. The SMILES string of the molecule is CC1(C(=O)NC2CCCCC2)Cn2c(cc3ccccc32)C(=O)N1CCCN1CCOCC1. The molecule has 5 rings (SSSR count). The Hall–Kier alpha value is -2.38. The van der Waals surface area contributed by atoms with Crippen LogP contribution in [0.2, 0.25) is 0 Å². The van der Waals surface area contributed by atoms with Gasteiger partial charge in [-0.15, -0.1) is 0 Å². The molecule has 3 heterocycles. The van der Waals surface area contributed by atoms with E-state index in [1.165, 1.54) is 6.42 Å². The van der Waals surface area contributed by atoms with E-state index in [0.29, 0.717) is 18.8 Å². The second kappa shape index (κ2) is 9.47. The summed E-state index contributed by atoms with van der Waals surface area (Å²) < 4.78 is 7.51. The quantitative estimate of drug-likeness (QED) is 0.732. The fourth-order valence-electron chi connectivity index (χ4n) is 5.72. The van der Waals surface area contributed by atoms with E-state index >= 15 is 0 Å². The first-order valence-corrected chi connectivity index (χ1v) is 12.6. The molecule has 2 aliphatic heterocycles. The van der Waals surface area contributed by atoms with Crippen molar-refractivity contribution in [3.05, 3.63) is 36.0 Å². The highest BCUT2D eigenvalue weighted by atomic mass is 16.5. The van der Waals surface area contributed by atoms with Gasteiger partial charge in [-0.25, -0.2) is 0 Å².